The van der Waals surface area contributed by atoms with Gasteiger partial charge in [0, 0.05) is 6.04 Å². The van der Waals surface area contributed by atoms with Crippen LogP contribution in [0.5, 0.6) is 0 Å². The molecule has 90 valence electrons. The van der Waals surface area contributed by atoms with Crippen molar-refractivity contribution >= 4 is 0 Å². The van der Waals surface area contributed by atoms with Gasteiger partial charge in [-0.2, -0.15) is 0 Å². The van der Waals surface area contributed by atoms with Gasteiger partial charge in [-0.25, -0.2) is 0 Å². The first-order chi connectivity index (χ1) is 7.74. The molecule has 0 aromatic heterocycles. The van der Waals surface area contributed by atoms with Crippen molar-refractivity contribution in [2.75, 3.05) is 27.2 Å². The molecular weight excluding hydrogens is 196 g/mol. The summed E-state index contributed by atoms with van der Waals surface area (Å²) in [7, 11) is 4.24. The molecule has 1 aromatic rings. The fraction of sp³-hybridized carbons (Fsp3) is 0.571. The molecule has 1 rings (SSSR count). The highest BCUT2D eigenvalue weighted by atomic mass is 15.1. The molecule has 0 fully saturated rings. The molecule has 0 spiro atoms. The average molecular weight is 220 g/mol. The van der Waals surface area contributed by atoms with Gasteiger partial charge in [-0.3, -0.25) is 0 Å². The predicted octanol–water partition coefficient (Wildman–Crippen LogP) is 2.68. The van der Waals surface area contributed by atoms with E-state index in [1.54, 1.807) is 0 Å². The lowest BCUT2D eigenvalue weighted by atomic mass is 10.0. The molecule has 0 bridgehead atoms. The van der Waals surface area contributed by atoms with Crippen LogP contribution in [0.1, 0.15) is 31.4 Å². The van der Waals surface area contributed by atoms with Crippen molar-refractivity contribution in [1.29, 1.82) is 0 Å². The van der Waals surface area contributed by atoms with Crippen LogP contribution >= 0.6 is 0 Å². The average Bonchev–Trinajstić information content (AvgIpc) is 2.30. The minimum atomic E-state index is 0.503. The molecule has 16 heavy (non-hydrogen) atoms. The summed E-state index contributed by atoms with van der Waals surface area (Å²) in [4.78, 5) is 2.23. The second-order valence-electron chi connectivity index (χ2n) is 4.48. The van der Waals surface area contributed by atoms with Crippen LogP contribution in [-0.4, -0.2) is 32.1 Å². The van der Waals surface area contributed by atoms with Crippen LogP contribution in [0.2, 0.25) is 0 Å². The van der Waals surface area contributed by atoms with Crippen LogP contribution in [0.4, 0.5) is 0 Å². The van der Waals surface area contributed by atoms with E-state index >= 15 is 0 Å². The quantitative estimate of drug-likeness (QED) is 0.711. The molecule has 0 radical (unpaired) electrons. The molecule has 0 heterocycles. The molecule has 1 atom stereocenters. The summed E-state index contributed by atoms with van der Waals surface area (Å²) >= 11 is 0. The van der Waals surface area contributed by atoms with Crippen molar-refractivity contribution < 1.29 is 0 Å². The molecule has 0 aliphatic rings. The van der Waals surface area contributed by atoms with E-state index in [1.165, 1.54) is 12.0 Å². The van der Waals surface area contributed by atoms with E-state index < -0.39 is 0 Å². The summed E-state index contributed by atoms with van der Waals surface area (Å²) in [5, 5.41) is 3.61. The van der Waals surface area contributed by atoms with Gasteiger partial charge in [0.25, 0.3) is 0 Å². The van der Waals surface area contributed by atoms with E-state index in [4.69, 9.17) is 0 Å². The standard InChI is InChI=1S/C14H24N2/c1-4-14(13-9-6-5-7-10-13)15-11-8-12-16(2)3/h5-7,9-10,14-15H,4,8,11-12H2,1-3H3. The first-order valence-corrected chi connectivity index (χ1v) is 6.17. The third kappa shape index (κ3) is 4.77. The summed E-state index contributed by atoms with van der Waals surface area (Å²) in [6, 6.07) is 11.2. The topological polar surface area (TPSA) is 15.3 Å². The summed E-state index contributed by atoms with van der Waals surface area (Å²) in [6.45, 7) is 4.47. The number of hydrogen-bond acceptors (Lipinski definition) is 2. The molecule has 2 heteroatoms. The van der Waals surface area contributed by atoms with Gasteiger partial charge in [-0.1, -0.05) is 37.3 Å². The Morgan fingerprint density at radius 2 is 1.88 bits per heavy atom. The Labute approximate surface area is 99.7 Å². The van der Waals surface area contributed by atoms with Gasteiger partial charge < -0.3 is 10.2 Å². The lowest BCUT2D eigenvalue weighted by molar-refractivity contribution is 0.385. The number of nitrogens with zero attached hydrogens (tertiary/aromatic N) is 1. The summed E-state index contributed by atoms with van der Waals surface area (Å²) < 4.78 is 0. The minimum absolute atomic E-state index is 0.503. The monoisotopic (exact) mass is 220 g/mol. The Balaban J connectivity index is 2.33. The van der Waals surface area contributed by atoms with E-state index in [9.17, 15) is 0 Å². The highest BCUT2D eigenvalue weighted by Gasteiger charge is 2.06. The molecule has 1 aromatic carbocycles. The molecule has 1 unspecified atom stereocenters. The van der Waals surface area contributed by atoms with Crippen LogP contribution in [0.3, 0.4) is 0 Å². The maximum absolute atomic E-state index is 3.61. The van der Waals surface area contributed by atoms with Crippen molar-refractivity contribution in [3.8, 4) is 0 Å². The van der Waals surface area contributed by atoms with E-state index in [0.29, 0.717) is 6.04 Å². The van der Waals surface area contributed by atoms with Crippen LogP contribution in [0.25, 0.3) is 0 Å². The SMILES string of the molecule is CCC(NCCCN(C)C)c1ccccc1. The maximum Gasteiger partial charge on any atom is 0.0317 e. The molecular formula is C14H24N2. The third-order valence-electron chi connectivity index (χ3n) is 2.78. The lowest BCUT2D eigenvalue weighted by Crippen LogP contribution is -2.25. The van der Waals surface area contributed by atoms with Crippen molar-refractivity contribution in [2.45, 2.75) is 25.8 Å². The normalized spacial score (nSPS) is 13.0. The number of rotatable bonds is 7. The van der Waals surface area contributed by atoms with Gasteiger partial charge >= 0.3 is 0 Å². The molecule has 1 N–H and O–H groups in total. The number of benzene rings is 1. The molecule has 2 nitrogen and oxygen atoms in total. The lowest BCUT2D eigenvalue weighted by Gasteiger charge is -2.18. The Bertz CT molecular complexity index is 269. The van der Waals surface area contributed by atoms with Gasteiger partial charge in [-0.15, -0.1) is 0 Å². The molecule has 0 saturated heterocycles. The first-order valence-electron chi connectivity index (χ1n) is 6.17. The second kappa shape index (κ2) is 7.42. The highest BCUT2D eigenvalue weighted by Crippen LogP contribution is 2.15. The zero-order chi connectivity index (χ0) is 11.8. The minimum Gasteiger partial charge on any atom is -0.310 e. The zero-order valence-corrected chi connectivity index (χ0v) is 10.7. The highest BCUT2D eigenvalue weighted by molar-refractivity contribution is 5.18. The van der Waals surface area contributed by atoms with Crippen molar-refractivity contribution in [3.05, 3.63) is 35.9 Å². The van der Waals surface area contributed by atoms with E-state index in [0.717, 1.165) is 19.5 Å². The van der Waals surface area contributed by atoms with Gasteiger partial charge in [0.2, 0.25) is 0 Å². The van der Waals surface area contributed by atoms with E-state index in [2.05, 4.69) is 61.6 Å². The van der Waals surface area contributed by atoms with Crippen molar-refractivity contribution in [1.82, 2.24) is 10.2 Å². The Hall–Kier alpha value is -0.860. The Morgan fingerprint density at radius 1 is 1.19 bits per heavy atom. The molecule has 0 amide bonds. The fourth-order valence-corrected chi connectivity index (χ4v) is 1.85. The maximum atomic E-state index is 3.61. The number of hydrogen-bond donors (Lipinski definition) is 1. The summed E-state index contributed by atoms with van der Waals surface area (Å²) in [6.07, 6.45) is 2.35. The van der Waals surface area contributed by atoms with Crippen molar-refractivity contribution in [2.24, 2.45) is 0 Å². The van der Waals surface area contributed by atoms with Crippen LogP contribution in [-0.2, 0) is 0 Å². The van der Waals surface area contributed by atoms with Gasteiger partial charge in [-0.05, 0) is 45.6 Å². The summed E-state index contributed by atoms with van der Waals surface area (Å²) in [5.74, 6) is 0. The molecule has 0 aliphatic carbocycles. The second-order valence-corrected chi connectivity index (χ2v) is 4.48. The zero-order valence-electron chi connectivity index (χ0n) is 10.7. The van der Waals surface area contributed by atoms with E-state index in [1.807, 2.05) is 0 Å². The van der Waals surface area contributed by atoms with Crippen molar-refractivity contribution in [3.63, 3.8) is 0 Å². The molecule has 0 saturated carbocycles. The van der Waals surface area contributed by atoms with E-state index in [-0.39, 0.29) is 0 Å². The molecule has 0 aliphatic heterocycles. The van der Waals surface area contributed by atoms with Crippen LogP contribution in [0, 0.1) is 0 Å². The predicted molar refractivity (Wildman–Crippen MR) is 70.6 cm³/mol. The Morgan fingerprint density at radius 3 is 2.44 bits per heavy atom. The van der Waals surface area contributed by atoms with Gasteiger partial charge in [0.15, 0.2) is 0 Å². The largest absolute Gasteiger partial charge is 0.310 e. The van der Waals surface area contributed by atoms with Gasteiger partial charge in [0.1, 0.15) is 0 Å². The Kier molecular flexibility index (Phi) is 6.12. The number of nitrogens with one attached hydrogen (secondary N) is 1. The smallest absolute Gasteiger partial charge is 0.0317 e. The van der Waals surface area contributed by atoms with Crippen LogP contribution in [0.15, 0.2) is 30.3 Å². The van der Waals surface area contributed by atoms with Crippen LogP contribution < -0.4 is 5.32 Å². The summed E-state index contributed by atoms with van der Waals surface area (Å²) in [5.41, 5.74) is 1.40. The first kappa shape index (κ1) is 13.2. The van der Waals surface area contributed by atoms with Gasteiger partial charge in [0.05, 0.1) is 0 Å². The fourth-order valence-electron chi connectivity index (χ4n) is 1.85. The third-order valence-corrected chi connectivity index (χ3v) is 2.78.